The zero-order valence-electron chi connectivity index (χ0n) is 14.6. The van der Waals surface area contributed by atoms with Crippen molar-refractivity contribution in [1.82, 2.24) is 9.97 Å². The van der Waals surface area contributed by atoms with E-state index in [1.807, 2.05) is 10.0 Å². The van der Waals surface area contributed by atoms with E-state index in [-0.39, 0.29) is 11.5 Å². The van der Waals surface area contributed by atoms with Gasteiger partial charge in [-0.25, -0.2) is 27.0 Å². The Balaban J connectivity index is 1.78. The molecule has 0 saturated carbocycles. The highest BCUT2D eigenvalue weighted by atomic mass is 32.2. The third-order valence-corrected chi connectivity index (χ3v) is 5.12. The summed E-state index contributed by atoms with van der Waals surface area (Å²) in [5.41, 5.74) is -0.741. The second kappa shape index (κ2) is 7.80. The summed E-state index contributed by atoms with van der Waals surface area (Å²) in [6.45, 7) is 1.64. The largest absolute Gasteiger partial charge is 0.417 e. The van der Waals surface area contributed by atoms with Crippen LogP contribution >= 0.6 is 0 Å². The maximum Gasteiger partial charge on any atom is 0.417 e. The van der Waals surface area contributed by atoms with Gasteiger partial charge in [-0.15, -0.1) is 0 Å². The van der Waals surface area contributed by atoms with Crippen molar-refractivity contribution in [2.24, 2.45) is 0 Å². The van der Waals surface area contributed by atoms with Crippen molar-refractivity contribution >= 4 is 38.5 Å². The number of hydrogen-bond donors (Lipinski definition) is 3. The summed E-state index contributed by atoms with van der Waals surface area (Å²) in [5.74, 6) is -2.53. The number of hydrogen-bond acceptors (Lipinski definition) is 5. The summed E-state index contributed by atoms with van der Waals surface area (Å²) in [6.07, 6.45) is 2.07. The van der Waals surface area contributed by atoms with Crippen LogP contribution in [0.5, 0.6) is 5.75 Å². The van der Waals surface area contributed by atoms with Crippen LogP contribution in [0.2, 0.25) is 0 Å². The van der Waals surface area contributed by atoms with E-state index >= 15 is 0 Å². The minimum atomic E-state index is -3.80. The molecule has 0 bridgehead atoms. The molecule has 0 fully saturated rings. The number of aromatic amines is 1. The minimum Gasteiger partial charge on any atom is -0.408 e. The van der Waals surface area contributed by atoms with Gasteiger partial charge in [-0.3, -0.25) is 10.0 Å². The Kier molecular flexibility index (Phi) is 5.45. The molecule has 0 aliphatic heterocycles. The molecule has 0 saturated heterocycles. The van der Waals surface area contributed by atoms with Crippen LogP contribution in [0.4, 0.5) is 25.0 Å². The number of fused-ring (bicyclic) bond motifs is 1. The number of carbonyl (C=O) groups is 1. The monoisotopic (exact) mass is 410 g/mol. The van der Waals surface area contributed by atoms with Crippen molar-refractivity contribution in [3.05, 3.63) is 48.3 Å². The molecule has 8 nitrogen and oxygen atoms in total. The summed E-state index contributed by atoms with van der Waals surface area (Å²) < 4.78 is 59.1. The van der Waals surface area contributed by atoms with E-state index in [0.717, 1.165) is 12.1 Å². The number of H-pyrrole nitrogens is 1. The molecule has 2 aromatic heterocycles. The Labute approximate surface area is 159 Å². The van der Waals surface area contributed by atoms with Gasteiger partial charge in [-0.05, 0) is 30.7 Å². The molecular formula is C17H16F2N4O4S. The lowest BCUT2D eigenvalue weighted by Gasteiger charge is -2.13. The number of amides is 1. The molecule has 1 aromatic carbocycles. The highest BCUT2D eigenvalue weighted by molar-refractivity contribution is 7.92. The number of halogens is 2. The van der Waals surface area contributed by atoms with E-state index in [9.17, 15) is 22.0 Å². The second-order valence-electron chi connectivity index (χ2n) is 5.81. The van der Waals surface area contributed by atoms with E-state index in [0.29, 0.717) is 17.5 Å². The fourth-order valence-electron chi connectivity index (χ4n) is 2.44. The molecule has 28 heavy (non-hydrogen) atoms. The normalized spacial score (nSPS) is 11.4. The van der Waals surface area contributed by atoms with E-state index in [4.69, 9.17) is 4.74 Å². The SMILES string of the molecule is CCCS(=O)(=O)Nc1ccc(F)c(NC(=O)Oc2cnc3[nH]ccc3c2)c1F. The molecule has 11 heteroatoms. The number of nitrogens with zero attached hydrogens (tertiary/aromatic N) is 1. The zero-order valence-corrected chi connectivity index (χ0v) is 15.4. The molecule has 0 radical (unpaired) electrons. The van der Waals surface area contributed by atoms with Gasteiger partial charge in [-0.1, -0.05) is 6.92 Å². The number of benzene rings is 1. The average Bonchev–Trinajstić information content (AvgIpc) is 3.09. The number of aromatic nitrogens is 2. The zero-order chi connectivity index (χ0) is 20.3. The first kappa shape index (κ1) is 19.5. The Morgan fingerprint density at radius 1 is 1.29 bits per heavy atom. The van der Waals surface area contributed by atoms with Crippen molar-refractivity contribution in [2.45, 2.75) is 13.3 Å². The van der Waals surface area contributed by atoms with Crippen molar-refractivity contribution < 1.29 is 26.7 Å². The van der Waals surface area contributed by atoms with Crippen molar-refractivity contribution in [3.8, 4) is 5.75 Å². The summed E-state index contributed by atoms with van der Waals surface area (Å²) in [5, 5.41) is 2.62. The lowest BCUT2D eigenvalue weighted by atomic mass is 10.2. The molecular weight excluding hydrogens is 394 g/mol. The number of anilines is 2. The third kappa shape index (κ3) is 4.36. The molecule has 1 amide bonds. The van der Waals surface area contributed by atoms with Crippen molar-refractivity contribution in [1.29, 1.82) is 0 Å². The predicted molar refractivity (Wildman–Crippen MR) is 99.8 cm³/mol. The first-order valence-electron chi connectivity index (χ1n) is 8.19. The van der Waals surface area contributed by atoms with E-state index < -0.39 is 39.1 Å². The van der Waals surface area contributed by atoms with Gasteiger partial charge in [0.15, 0.2) is 11.6 Å². The van der Waals surface area contributed by atoms with Crippen LogP contribution in [0.15, 0.2) is 36.7 Å². The van der Waals surface area contributed by atoms with Gasteiger partial charge in [0.25, 0.3) is 0 Å². The van der Waals surface area contributed by atoms with E-state index in [2.05, 4.69) is 9.97 Å². The maximum atomic E-state index is 14.5. The Morgan fingerprint density at radius 3 is 2.82 bits per heavy atom. The molecule has 0 unspecified atom stereocenters. The van der Waals surface area contributed by atoms with Gasteiger partial charge in [0.1, 0.15) is 17.2 Å². The molecule has 3 N–H and O–H groups in total. The van der Waals surface area contributed by atoms with Crippen LogP contribution in [-0.2, 0) is 10.0 Å². The predicted octanol–water partition coefficient (Wildman–Crippen LogP) is 3.60. The lowest BCUT2D eigenvalue weighted by Crippen LogP contribution is -2.21. The molecule has 3 rings (SSSR count). The fraction of sp³-hybridized carbons (Fsp3) is 0.176. The molecule has 0 spiro atoms. The van der Waals surface area contributed by atoms with Crippen LogP contribution in [0.25, 0.3) is 11.0 Å². The maximum absolute atomic E-state index is 14.5. The summed E-state index contributed by atoms with van der Waals surface area (Å²) in [6, 6.07) is 4.98. The summed E-state index contributed by atoms with van der Waals surface area (Å²) in [4.78, 5) is 18.9. The molecule has 2 heterocycles. The van der Waals surface area contributed by atoms with E-state index in [1.54, 1.807) is 19.2 Å². The van der Waals surface area contributed by atoms with Crippen LogP contribution in [0.3, 0.4) is 0 Å². The highest BCUT2D eigenvalue weighted by Gasteiger charge is 2.20. The van der Waals surface area contributed by atoms with Gasteiger partial charge >= 0.3 is 6.09 Å². The quantitative estimate of drug-likeness (QED) is 0.575. The average molecular weight is 410 g/mol. The molecule has 0 atom stereocenters. The lowest BCUT2D eigenvalue weighted by molar-refractivity contribution is 0.215. The van der Waals surface area contributed by atoms with Crippen molar-refractivity contribution in [3.63, 3.8) is 0 Å². The fourth-order valence-corrected chi connectivity index (χ4v) is 3.58. The molecule has 0 aliphatic carbocycles. The Bertz CT molecular complexity index is 1130. The Hall–Kier alpha value is -3.21. The molecule has 148 valence electrons. The number of nitrogens with one attached hydrogen (secondary N) is 3. The van der Waals surface area contributed by atoms with Gasteiger partial charge in [-0.2, -0.15) is 0 Å². The third-order valence-electron chi connectivity index (χ3n) is 3.64. The van der Waals surface area contributed by atoms with Gasteiger partial charge in [0.2, 0.25) is 10.0 Å². The standard InChI is InChI=1S/C17H16F2N4O4S/c1-2-7-28(25,26)23-13-4-3-12(18)15(14(13)19)22-17(24)27-11-8-10-5-6-20-16(10)21-9-11/h3-6,8-9,23H,2,7H2,1H3,(H,20,21)(H,22,24). The number of rotatable bonds is 6. The first-order chi connectivity index (χ1) is 13.3. The number of pyridine rings is 1. The summed E-state index contributed by atoms with van der Waals surface area (Å²) in [7, 11) is -3.80. The topological polar surface area (TPSA) is 113 Å². The van der Waals surface area contributed by atoms with E-state index in [1.165, 1.54) is 12.3 Å². The van der Waals surface area contributed by atoms with Gasteiger partial charge in [0, 0.05) is 11.6 Å². The Morgan fingerprint density at radius 2 is 2.07 bits per heavy atom. The molecule has 0 aliphatic rings. The smallest absolute Gasteiger partial charge is 0.408 e. The summed E-state index contributed by atoms with van der Waals surface area (Å²) >= 11 is 0. The van der Waals surface area contributed by atoms with Gasteiger partial charge in [0.05, 0.1) is 17.6 Å². The van der Waals surface area contributed by atoms with Crippen LogP contribution in [0.1, 0.15) is 13.3 Å². The van der Waals surface area contributed by atoms with Crippen LogP contribution in [0, 0.1) is 11.6 Å². The first-order valence-corrected chi connectivity index (χ1v) is 9.85. The highest BCUT2D eigenvalue weighted by Crippen LogP contribution is 2.27. The van der Waals surface area contributed by atoms with Crippen LogP contribution < -0.4 is 14.8 Å². The second-order valence-corrected chi connectivity index (χ2v) is 7.65. The molecule has 3 aromatic rings. The minimum absolute atomic E-state index is 0.0604. The van der Waals surface area contributed by atoms with Crippen LogP contribution in [-0.4, -0.2) is 30.2 Å². The number of sulfonamides is 1. The van der Waals surface area contributed by atoms with Crippen molar-refractivity contribution in [2.75, 3.05) is 15.8 Å². The number of carbonyl (C=O) groups excluding carboxylic acids is 1. The van der Waals surface area contributed by atoms with Gasteiger partial charge < -0.3 is 9.72 Å². The number of ether oxygens (including phenoxy) is 1.